The number of ketones is 1. The number of hydrogen-bond donors (Lipinski definition) is 1. The average Bonchev–Trinajstić information content (AvgIpc) is 3.45. The van der Waals surface area contributed by atoms with Crippen LogP contribution in [-0.2, 0) is 9.59 Å². The average molecular weight is 493 g/mol. The lowest BCUT2D eigenvalue weighted by Crippen LogP contribution is -2.40. The summed E-state index contributed by atoms with van der Waals surface area (Å²) in [6.07, 6.45) is 3.47. The minimum atomic E-state index is -0.726. The van der Waals surface area contributed by atoms with Crippen LogP contribution in [0.1, 0.15) is 50.3 Å². The molecule has 3 heterocycles. The maximum atomic E-state index is 13.4. The van der Waals surface area contributed by atoms with Crippen molar-refractivity contribution in [1.29, 1.82) is 0 Å². The fourth-order valence-electron chi connectivity index (χ4n) is 5.12. The van der Waals surface area contributed by atoms with E-state index in [2.05, 4.69) is 4.90 Å². The summed E-state index contributed by atoms with van der Waals surface area (Å²) in [5.41, 5.74) is 1.18. The van der Waals surface area contributed by atoms with Crippen molar-refractivity contribution in [3.8, 4) is 17.2 Å². The highest BCUT2D eigenvalue weighted by Crippen LogP contribution is 2.42. The van der Waals surface area contributed by atoms with E-state index in [4.69, 9.17) is 14.2 Å². The van der Waals surface area contributed by atoms with E-state index in [0.717, 1.165) is 25.9 Å². The number of carbonyl (C=O) groups excluding carboxylic acids is 2. The maximum absolute atomic E-state index is 13.4. The molecule has 0 spiro atoms. The molecule has 8 heteroatoms. The number of nitrogens with zero attached hydrogens (tertiary/aromatic N) is 2. The minimum Gasteiger partial charge on any atom is -0.507 e. The van der Waals surface area contributed by atoms with Crippen molar-refractivity contribution in [2.45, 2.75) is 45.3 Å². The molecule has 0 bridgehead atoms. The third-order valence-electron chi connectivity index (χ3n) is 6.84. The van der Waals surface area contributed by atoms with Crippen molar-refractivity contribution >= 4 is 17.4 Å². The fraction of sp³-hybridized carbons (Fsp3) is 0.429. The van der Waals surface area contributed by atoms with Crippen LogP contribution in [0.2, 0.25) is 0 Å². The lowest BCUT2D eigenvalue weighted by molar-refractivity contribution is -0.140. The van der Waals surface area contributed by atoms with Crippen LogP contribution >= 0.6 is 0 Å². The Morgan fingerprint density at radius 1 is 1.03 bits per heavy atom. The van der Waals surface area contributed by atoms with Crippen LogP contribution in [0.25, 0.3) is 5.76 Å². The molecule has 1 atom stereocenters. The Balaban J connectivity index is 1.54. The van der Waals surface area contributed by atoms with E-state index >= 15 is 0 Å². The van der Waals surface area contributed by atoms with Crippen LogP contribution in [0.3, 0.4) is 0 Å². The molecule has 0 aromatic heterocycles. The molecule has 1 unspecified atom stereocenters. The van der Waals surface area contributed by atoms with Gasteiger partial charge in [-0.25, -0.2) is 0 Å². The highest BCUT2D eigenvalue weighted by atomic mass is 16.7. The molecule has 1 N–H and O–H groups in total. The molecular weight excluding hydrogens is 460 g/mol. The third kappa shape index (κ3) is 4.78. The van der Waals surface area contributed by atoms with Crippen molar-refractivity contribution in [2.24, 2.45) is 0 Å². The van der Waals surface area contributed by atoms with Crippen molar-refractivity contribution in [3.63, 3.8) is 0 Å². The Bertz CT molecular complexity index is 1180. The van der Waals surface area contributed by atoms with Crippen LogP contribution < -0.4 is 14.2 Å². The van der Waals surface area contributed by atoms with Gasteiger partial charge in [-0.1, -0.05) is 18.6 Å². The molecule has 0 saturated carbocycles. The zero-order valence-electron chi connectivity index (χ0n) is 20.7. The standard InChI is InChI=1S/C28H32N2O6/c1-18(2)36-21-8-6-7-19(15-21)25-24(26(31)20-9-10-22-23(16-20)35-17-34-22)27(32)28(33)30(25)14-13-29-11-4-3-5-12-29/h6-10,15-16,18,25,31H,3-5,11-14,17H2,1-2H3/b26-24+. The highest BCUT2D eigenvalue weighted by molar-refractivity contribution is 6.46. The summed E-state index contributed by atoms with van der Waals surface area (Å²) in [5.74, 6) is 0.184. The van der Waals surface area contributed by atoms with Crippen LogP contribution in [0, 0.1) is 0 Å². The second kappa shape index (κ2) is 10.2. The van der Waals surface area contributed by atoms with Gasteiger partial charge in [0.05, 0.1) is 17.7 Å². The molecule has 1 amide bonds. The quantitative estimate of drug-likeness (QED) is 0.354. The maximum Gasteiger partial charge on any atom is 0.295 e. The Labute approximate surface area is 211 Å². The van der Waals surface area contributed by atoms with Gasteiger partial charge in [0.1, 0.15) is 11.5 Å². The Morgan fingerprint density at radius 2 is 1.81 bits per heavy atom. The highest BCUT2D eigenvalue weighted by Gasteiger charge is 2.46. The van der Waals surface area contributed by atoms with Gasteiger partial charge >= 0.3 is 0 Å². The first-order valence-electron chi connectivity index (χ1n) is 12.6. The number of amides is 1. The van der Waals surface area contributed by atoms with Gasteiger partial charge in [-0.2, -0.15) is 0 Å². The number of Topliss-reactive ketones (excluding diaryl/α,β-unsaturated/α-hetero) is 1. The molecule has 5 rings (SSSR count). The van der Waals surface area contributed by atoms with E-state index in [9.17, 15) is 14.7 Å². The first-order valence-corrected chi connectivity index (χ1v) is 12.6. The van der Waals surface area contributed by atoms with Gasteiger partial charge in [0.25, 0.3) is 11.7 Å². The smallest absolute Gasteiger partial charge is 0.295 e. The van der Waals surface area contributed by atoms with Gasteiger partial charge in [0.15, 0.2) is 11.5 Å². The van der Waals surface area contributed by atoms with E-state index in [-0.39, 0.29) is 24.2 Å². The van der Waals surface area contributed by atoms with Gasteiger partial charge < -0.3 is 29.1 Å². The summed E-state index contributed by atoms with van der Waals surface area (Å²) in [5, 5.41) is 11.4. The van der Waals surface area contributed by atoms with Crippen molar-refractivity contribution in [2.75, 3.05) is 33.0 Å². The van der Waals surface area contributed by atoms with Gasteiger partial charge in [0.2, 0.25) is 6.79 Å². The molecule has 190 valence electrons. The summed E-state index contributed by atoms with van der Waals surface area (Å²) >= 11 is 0. The summed E-state index contributed by atoms with van der Waals surface area (Å²) in [7, 11) is 0. The summed E-state index contributed by atoms with van der Waals surface area (Å²) < 4.78 is 16.7. The number of piperidine rings is 1. The monoisotopic (exact) mass is 492 g/mol. The lowest BCUT2D eigenvalue weighted by Gasteiger charge is -2.31. The number of likely N-dealkylation sites (tertiary alicyclic amines) is 2. The molecule has 3 aliphatic heterocycles. The summed E-state index contributed by atoms with van der Waals surface area (Å²) in [6, 6.07) is 11.7. The van der Waals surface area contributed by atoms with Crippen LogP contribution in [0.5, 0.6) is 17.2 Å². The van der Waals surface area contributed by atoms with Crippen LogP contribution in [0.4, 0.5) is 0 Å². The predicted molar refractivity (Wildman–Crippen MR) is 134 cm³/mol. The van der Waals surface area contributed by atoms with Gasteiger partial charge in [-0.05, 0) is 75.7 Å². The number of hydrogen-bond acceptors (Lipinski definition) is 7. The van der Waals surface area contributed by atoms with Crippen LogP contribution in [-0.4, -0.2) is 65.7 Å². The van der Waals surface area contributed by atoms with Gasteiger partial charge in [0, 0.05) is 18.7 Å². The van der Waals surface area contributed by atoms with E-state index in [0.29, 0.717) is 41.5 Å². The number of rotatable bonds is 7. The molecule has 2 aromatic carbocycles. The van der Waals surface area contributed by atoms with E-state index < -0.39 is 17.7 Å². The molecule has 2 saturated heterocycles. The van der Waals surface area contributed by atoms with Crippen molar-refractivity contribution in [3.05, 3.63) is 59.2 Å². The molecule has 0 radical (unpaired) electrons. The third-order valence-corrected chi connectivity index (χ3v) is 6.84. The van der Waals surface area contributed by atoms with E-state index in [1.807, 2.05) is 38.1 Å². The largest absolute Gasteiger partial charge is 0.507 e. The first-order chi connectivity index (χ1) is 17.4. The Kier molecular flexibility index (Phi) is 6.87. The lowest BCUT2D eigenvalue weighted by atomic mass is 9.95. The number of ether oxygens (including phenoxy) is 3. The normalized spacial score (nSPS) is 21.4. The minimum absolute atomic E-state index is 0.0284. The molecule has 36 heavy (non-hydrogen) atoms. The molecule has 0 aliphatic carbocycles. The molecule has 3 aliphatic rings. The Hall–Kier alpha value is -3.52. The van der Waals surface area contributed by atoms with E-state index in [1.54, 1.807) is 23.1 Å². The number of fused-ring (bicyclic) bond motifs is 1. The van der Waals surface area contributed by atoms with Crippen LogP contribution in [0.15, 0.2) is 48.0 Å². The predicted octanol–water partition coefficient (Wildman–Crippen LogP) is 4.11. The number of aliphatic hydroxyl groups is 1. The fourth-order valence-corrected chi connectivity index (χ4v) is 5.12. The molecule has 8 nitrogen and oxygen atoms in total. The van der Waals surface area contributed by atoms with Gasteiger partial charge in [-0.3, -0.25) is 9.59 Å². The zero-order valence-corrected chi connectivity index (χ0v) is 20.7. The van der Waals surface area contributed by atoms with Gasteiger partial charge in [-0.15, -0.1) is 0 Å². The second-order valence-corrected chi connectivity index (χ2v) is 9.70. The first kappa shape index (κ1) is 24.2. The molecule has 2 fully saturated rings. The summed E-state index contributed by atoms with van der Waals surface area (Å²) in [4.78, 5) is 30.6. The second-order valence-electron chi connectivity index (χ2n) is 9.70. The van der Waals surface area contributed by atoms with Crippen molar-refractivity contribution in [1.82, 2.24) is 9.80 Å². The molecule has 2 aromatic rings. The number of carbonyl (C=O) groups is 2. The van der Waals surface area contributed by atoms with Crippen molar-refractivity contribution < 1.29 is 28.9 Å². The summed E-state index contributed by atoms with van der Waals surface area (Å²) in [6.45, 7) is 7.03. The van der Waals surface area contributed by atoms with E-state index in [1.165, 1.54) is 6.42 Å². The topological polar surface area (TPSA) is 88.5 Å². The number of aliphatic hydroxyl groups excluding tert-OH is 1. The number of benzene rings is 2. The Morgan fingerprint density at radius 3 is 2.58 bits per heavy atom. The molecular formula is C28H32N2O6. The SMILES string of the molecule is CC(C)Oc1cccc(C2/C(=C(\O)c3ccc4c(c3)OCO4)C(=O)C(=O)N2CCN2CCCCC2)c1. The zero-order chi connectivity index (χ0) is 25.2.